The van der Waals surface area contributed by atoms with Gasteiger partial charge in [0, 0.05) is 71.4 Å². The number of nitrogens with one attached hydrogen (secondary N) is 16. The van der Waals surface area contributed by atoms with Crippen LogP contribution in [0.15, 0.2) is 66.9 Å². The maximum absolute atomic E-state index is 14.3. The zero-order valence-corrected chi connectivity index (χ0v) is 71.1. The first-order valence-corrected chi connectivity index (χ1v) is 42.0. The summed E-state index contributed by atoms with van der Waals surface area (Å²) < 4.78 is 24.9. The fourth-order valence-electron chi connectivity index (χ4n) is 11.7. The molecule has 1 aliphatic heterocycles. The number of ether oxygens (including phenoxy) is 4. The van der Waals surface area contributed by atoms with Crippen molar-refractivity contribution in [2.75, 3.05) is 123 Å². The molecule has 1 fully saturated rings. The lowest BCUT2D eigenvalue weighted by Crippen LogP contribution is -2.57. The minimum atomic E-state index is -1.40. The van der Waals surface area contributed by atoms with Crippen LogP contribution < -0.4 is 91.9 Å². The van der Waals surface area contributed by atoms with E-state index in [1.807, 2.05) is 0 Å². The number of hydrazine groups is 2. The van der Waals surface area contributed by atoms with E-state index in [-0.39, 0.29) is 226 Å². The van der Waals surface area contributed by atoms with Crippen molar-refractivity contribution < 1.29 is 101 Å². The number of aromatic nitrogens is 3. The highest BCUT2D eigenvalue weighted by Crippen LogP contribution is 2.13. The molecule has 46 nitrogen and oxygen atoms in total. The quantitative estimate of drug-likeness (QED) is 0.00293. The summed E-state index contributed by atoms with van der Waals surface area (Å²) in [5.74, 6) is -3.80. The standard InChI is InChI=1S/C76H120IN25O21/c77-26-11-18-54-49-100(98-97-54)50-65(108)85-31-35-121-37-39-123-41-40-122-38-36-120-34-25-66(109)99(32-23-61(104)83-27-9-7-19-59(95-75(118)101(82)47-52-14-3-1-4-15-52)71(116)93-57(21-12-29-86-73(78)79)70(115)89-46-64(107)92-56(51-103)43-68(112)113)33-24-62(105)84-28-10-8-20-60-72(117)94-58(22-13-30-87-74(80)81)69(114)88-45-63(106)91-55(42-67(110)111)44-90-102(76(119)96-60)48-53-16-5-2-6-17-53/h1-6,14-17,49,51,55-60,90H,7-13,18-48,50,82H2,(H,83,104)(H,84,105)(H,85,108)(H,88,114)(H,89,115)(H,91,106)(H,92,107)(H,93,116)(H,94,117)(H,95,118)(H,96,119)(H,110,111)(H,112,113)(H4,78,79,86)(H4,80,81,87)/t55-,56-,57-,58-,59-,60-/m0/s1. The van der Waals surface area contributed by atoms with Gasteiger partial charge >= 0.3 is 24.0 Å². The number of guanidine groups is 2. The second-order valence-electron chi connectivity index (χ2n) is 28.2. The molecule has 123 heavy (non-hydrogen) atoms. The smallest absolute Gasteiger partial charge is 0.332 e. The van der Waals surface area contributed by atoms with Gasteiger partial charge in [-0.1, -0.05) is 88.5 Å². The number of carbonyl (C=O) groups excluding carboxylic acids is 13. The Kier molecular flexibility index (Phi) is 52.1. The van der Waals surface area contributed by atoms with Crippen LogP contribution in [0.2, 0.25) is 0 Å². The van der Waals surface area contributed by atoms with Gasteiger partial charge in [-0.05, 0) is 92.6 Å². The van der Waals surface area contributed by atoms with Crippen LogP contribution in [-0.2, 0) is 107 Å². The summed E-state index contributed by atoms with van der Waals surface area (Å²) in [7, 11) is 0. The van der Waals surface area contributed by atoms with Gasteiger partial charge in [-0.25, -0.2) is 25.5 Å². The molecule has 0 bridgehead atoms. The van der Waals surface area contributed by atoms with Crippen molar-refractivity contribution in [3.8, 4) is 0 Å². The van der Waals surface area contributed by atoms with Gasteiger partial charge in [-0.15, -0.1) is 5.10 Å². The maximum atomic E-state index is 14.3. The van der Waals surface area contributed by atoms with Crippen LogP contribution >= 0.6 is 22.6 Å². The Bertz CT molecular complexity index is 3820. The highest BCUT2D eigenvalue weighted by atomic mass is 127. The Morgan fingerprint density at radius 1 is 0.610 bits per heavy atom. The van der Waals surface area contributed by atoms with E-state index in [4.69, 9.17) is 52.2 Å². The molecular weight excluding hydrogens is 1730 g/mol. The van der Waals surface area contributed by atoms with Crippen molar-refractivity contribution in [1.29, 1.82) is 10.8 Å². The molecule has 6 atom stereocenters. The van der Waals surface area contributed by atoms with Crippen molar-refractivity contribution in [3.63, 3.8) is 0 Å². The van der Waals surface area contributed by atoms with Gasteiger partial charge in [0.05, 0.1) is 116 Å². The number of alkyl halides is 1. The van der Waals surface area contributed by atoms with E-state index in [1.165, 1.54) is 9.58 Å². The second-order valence-corrected chi connectivity index (χ2v) is 29.2. The number of nitrogens with zero attached hydrogens (tertiary/aromatic N) is 6. The summed E-state index contributed by atoms with van der Waals surface area (Å²) in [6.45, 7) is 0.0482. The van der Waals surface area contributed by atoms with Crippen molar-refractivity contribution in [2.45, 2.75) is 165 Å². The summed E-state index contributed by atoms with van der Waals surface area (Å²) in [5.41, 5.74) is 15.9. The molecule has 4 rings (SSSR count). The van der Waals surface area contributed by atoms with E-state index >= 15 is 0 Å². The average Bonchev–Trinajstić information content (AvgIpc) is 1.83. The number of urea groups is 2. The lowest BCUT2D eigenvalue weighted by atomic mass is 10.1. The van der Waals surface area contributed by atoms with Crippen LogP contribution in [0.1, 0.15) is 120 Å². The molecule has 24 N–H and O–H groups in total. The summed E-state index contributed by atoms with van der Waals surface area (Å²) in [4.78, 5) is 199. The first kappa shape index (κ1) is 104. The molecule has 1 aliphatic rings. The van der Waals surface area contributed by atoms with Gasteiger partial charge in [0.1, 0.15) is 37.0 Å². The number of benzene rings is 2. The van der Waals surface area contributed by atoms with Gasteiger partial charge in [0.2, 0.25) is 59.1 Å². The van der Waals surface area contributed by atoms with E-state index in [0.717, 1.165) is 33.0 Å². The van der Waals surface area contributed by atoms with Gasteiger partial charge in [-0.3, -0.25) is 78.4 Å². The average molecular weight is 1850 g/mol. The number of aldehydes is 1. The summed E-state index contributed by atoms with van der Waals surface area (Å²) in [5, 5.41) is 77.6. The van der Waals surface area contributed by atoms with Crippen LogP contribution in [0.25, 0.3) is 0 Å². The number of unbranched alkanes of at least 4 members (excludes halogenated alkanes) is 2. The van der Waals surface area contributed by atoms with Crippen molar-refractivity contribution >= 4 is 124 Å². The largest absolute Gasteiger partial charge is 0.481 e. The second kappa shape index (κ2) is 61.7. The number of aliphatic carboxylic acids is 2. The number of carbonyl (C=O) groups is 15. The number of amides is 14. The van der Waals surface area contributed by atoms with E-state index < -0.39 is 139 Å². The van der Waals surface area contributed by atoms with Crippen LogP contribution in [0, 0.1) is 10.8 Å². The predicted octanol–water partition coefficient (Wildman–Crippen LogP) is -4.20. The van der Waals surface area contributed by atoms with Crippen LogP contribution in [0.5, 0.6) is 0 Å². The molecule has 2 aromatic carbocycles. The third-order valence-electron chi connectivity index (χ3n) is 18.1. The molecule has 1 aromatic heterocycles. The lowest BCUT2D eigenvalue weighted by molar-refractivity contribution is -0.139. The fourth-order valence-corrected chi connectivity index (χ4v) is 12.1. The maximum Gasteiger partial charge on any atom is 0.332 e. The number of hydrogen-bond acceptors (Lipinski definition) is 25. The van der Waals surface area contributed by atoms with Gasteiger partial charge < -0.3 is 119 Å². The number of halogens is 1. The molecule has 47 heteroatoms. The fraction of sp³-hybridized carbons (Fsp3) is 0.592. The van der Waals surface area contributed by atoms with Crippen molar-refractivity contribution in [3.05, 3.63) is 83.7 Å². The molecule has 0 radical (unpaired) electrons. The Morgan fingerprint density at radius 2 is 1.18 bits per heavy atom. The SMILES string of the molecule is N=C(N)NCCC[C@H](NC(=O)[C@H](CCCCNC(=O)CCN(CCC(=O)NCCCC[C@@H]1NC(=O)N(Cc2ccccc2)NC[C@H](CC(=O)O)NC(=O)CNC(=O)[C@H](CCCNC(=N)N)NC1=O)C(=O)CCOCCOCCOCCOCCNC(=O)Cn1cc(CCCI)nn1)NC(=O)N(N)Cc1ccccc1)C(=O)NCC(=O)N[C@H](C=O)CC(=O)O. The van der Waals surface area contributed by atoms with Gasteiger partial charge in [-0.2, -0.15) is 0 Å². The van der Waals surface area contributed by atoms with Crippen molar-refractivity contribution in [1.82, 2.24) is 104 Å². The van der Waals surface area contributed by atoms with E-state index in [9.17, 15) is 77.0 Å². The highest BCUT2D eigenvalue weighted by Gasteiger charge is 2.32. The molecule has 0 unspecified atom stereocenters. The first-order valence-electron chi connectivity index (χ1n) is 40.5. The van der Waals surface area contributed by atoms with E-state index in [0.29, 0.717) is 17.7 Å². The molecule has 682 valence electrons. The lowest BCUT2D eigenvalue weighted by Gasteiger charge is -2.29. The van der Waals surface area contributed by atoms with Gasteiger partial charge in [0.25, 0.3) is 0 Å². The number of nitrogens with two attached hydrogens (primary N) is 3. The Balaban J connectivity index is 1.41. The zero-order valence-electron chi connectivity index (χ0n) is 68.9. The number of rotatable bonds is 60. The van der Waals surface area contributed by atoms with E-state index in [1.54, 1.807) is 66.9 Å². The zero-order chi connectivity index (χ0) is 89.9. The molecule has 14 amide bonds. The topological polar surface area (TPSA) is 668 Å². The monoisotopic (exact) mass is 1850 g/mol. The number of carboxylic acids is 2. The molecule has 3 aromatic rings. The third kappa shape index (κ3) is 48.0. The summed E-state index contributed by atoms with van der Waals surface area (Å²) in [6.07, 6.45) is 2.77. The number of aryl methyl sites for hydroxylation is 1. The van der Waals surface area contributed by atoms with Crippen LogP contribution in [-0.4, -0.2) is 300 Å². The Morgan fingerprint density at radius 3 is 1.80 bits per heavy atom. The minimum absolute atomic E-state index is 0.0159. The normalized spacial score (nSPS) is 15.0. The molecule has 0 aliphatic carbocycles. The third-order valence-corrected chi connectivity index (χ3v) is 18.8. The van der Waals surface area contributed by atoms with Crippen LogP contribution in [0.3, 0.4) is 0 Å². The van der Waals surface area contributed by atoms with Crippen LogP contribution in [0.4, 0.5) is 9.59 Å². The highest BCUT2D eigenvalue weighted by molar-refractivity contribution is 14.1. The molecule has 0 saturated carbocycles. The molecule has 0 spiro atoms. The number of carboxylic acid groups (broad SMARTS) is 2. The summed E-state index contributed by atoms with van der Waals surface area (Å²) in [6, 6.07) is 7.89. The van der Waals surface area contributed by atoms with E-state index in [2.05, 4.69) is 107 Å². The van der Waals surface area contributed by atoms with Gasteiger partial charge in [0.15, 0.2) is 11.9 Å². The summed E-state index contributed by atoms with van der Waals surface area (Å²) >= 11 is 2.29. The number of hydrogen-bond donors (Lipinski definition) is 21. The Hall–Kier alpha value is -11.5. The molecule has 1 saturated heterocycles. The minimum Gasteiger partial charge on any atom is -0.481 e. The Labute approximate surface area is 725 Å². The molecular formula is C76H120IN25O21. The first-order chi connectivity index (χ1) is 59.1. The predicted molar refractivity (Wildman–Crippen MR) is 451 cm³/mol. The van der Waals surface area contributed by atoms with Crippen molar-refractivity contribution in [2.24, 2.45) is 17.3 Å². The molecule has 2 heterocycles.